The molecular formula is C14H16O4. The molecule has 1 heterocycles. The van der Waals surface area contributed by atoms with E-state index in [9.17, 15) is 4.79 Å². The van der Waals surface area contributed by atoms with Crippen LogP contribution in [0.2, 0.25) is 0 Å². The second kappa shape index (κ2) is 6.33. The molecule has 1 fully saturated rings. The molecule has 1 aliphatic rings. The Hall–Kier alpha value is -1.65. The first-order valence-corrected chi connectivity index (χ1v) is 5.83. The van der Waals surface area contributed by atoms with Crippen molar-refractivity contribution in [3.8, 4) is 0 Å². The summed E-state index contributed by atoms with van der Waals surface area (Å²) in [6, 6.07) is 9.97. The van der Waals surface area contributed by atoms with Gasteiger partial charge in [-0.25, -0.2) is 4.79 Å². The number of carbonyl (C=O) groups is 1. The van der Waals surface area contributed by atoms with E-state index in [0.717, 1.165) is 5.56 Å². The van der Waals surface area contributed by atoms with Crippen molar-refractivity contribution in [2.75, 3.05) is 13.7 Å². The van der Waals surface area contributed by atoms with Gasteiger partial charge in [-0.15, -0.1) is 0 Å². The Bertz CT molecular complexity index is 413. The van der Waals surface area contributed by atoms with E-state index >= 15 is 0 Å². The second-order valence-electron chi connectivity index (χ2n) is 4.02. The fourth-order valence-corrected chi connectivity index (χ4v) is 1.57. The topological polar surface area (TPSA) is 48.1 Å². The van der Waals surface area contributed by atoms with Gasteiger partial charge < -0.3 is 14.2 Å². The summed E-state index contributed by atoms with van der Waals surface area (Å²) in [5.74, 6) is -0.366. The van der Waals surface area contributed by atoms with Crippen molar-refractivity contribution < 1.29 is 19.0 Å². The molecule has 0 aliphatic carbocycles. The first-order chi connectivity index (χ1) is 8.79. The quantitative estimate of drug-likeness (QED) is 0.437. The lowest BCUT2D eigenvalue weighted by Gasteiger charge is -2.01. The van der Waals surface area contributed by atoms with Crippen molar-refractivity contribution in [2.24, 2.45) is 0 Å². The van der Waals surface area contributed by atoms with E-state index in [4.69, 9.17) is 9.47 Å². The summed E-state index contributed by atoms with van der Waals surface area (Å²) in [6.45, 7) is 1.11. The van der Waals surface area contributed by atoms with Crippen LogP contribution in [-0.4, -0.2) is 31.9 Å². The number of benzene rings is 1. The molecule has 4 nitrogen and oxygen atoms in total. The van der Waals surface area contributed by atoms with Gasteiger partial charge in [0.2, 0.25) is 0 Å². The molecule has 0 bridgehead atoms. The van der Waals surface area contributed by atoms with E-state index in [-0.39, 0.29) is 18.2 Å². The number of ether oxygens (including phenoxy) is 3. The fraction of sp³-hybridized carbons (Fsp3) is 0.357. The van der Waals surface area contributed by atoms with Crippen molar-refractivity contribution in [1.29, 1.82) is 0 Å². The Labute approximate surface area is 106 Å². The standard InChI is InChI=1S/C14H16O4/c1-16-14(15)8-7-12-13(18-12)10-17-9-11-5-3-2-4-6-11/h2-8,12-13H,9-10H2,1H3/b8-7+/t12-,13-/m1/s1. The minimum absolute atomic E-state index is 0.0279. The van der Waals surface area contributed by atoms with Gasteiger partial charge in [0, 0.05) is 6.08 Å². The van der Waals surface area contributed by atoms with Gasteiger partial charge in [0.25, 0.3) is 0 Å². The lowest BCUT2D eigenvalue weighted by Crippen LogP contribution is -2.04. The molecule has 4 heteroatoms. The fourth-order valence-electron chi connectivity index (χ4n) is 1.57. The maximum Gasteiger partial charge on any atom is 0.330 e. The molecule has 0 N–H and O–H groups in total. The highest BCUT2D eigenvalue weighted by molar-refractivity contribution is 5.81. The van der Waals surface area contributed by atoms with Gasteiger partial charge in [0.05, 0.1) is 20.3 Å². The minimum atomic E-state index is -0.366. The van der Waals surface area contributed by atoms with Gasteiger partial charge in [0.1, 0.15) is 12.2 Å². The first kappa shape index (κ1) is 12.8. The van der Waals surface area contributed by atoms with E-state index < -0.39 is 0 Å². The summed E-state index contributed by atoms with van der Waals surface area (Å²) >= 11 is 0. The minimum Gasteiger partial charge on any atom is -0.466 e. The summed E-state index contributed by atoms with van der Waals surface area (Å²) < 4.78 is 15.4. The lowest BCUT2D eigenvalue weighted by molar-refractivity contribution is -0.134. The van der Waals surface area contributed by atoms with Crippen LogP contribution < -0.4 is 0 Å². The Balaban J connectivity index is 1.62. The Kier molecular flexibility index (Phi) is 4.50. The molecule has 96 valence electrons. The number of rotatable bonds is 6. The number of epoxide rings is 1. The number of hydrogen-bond donors (Lipinski definition) is 0. The van der Waals surface area contributed by atoms with Crippen LogP contribution >= 0.6 is 0 Å². The Morgan fingerprint density at radius 1 is 1.39 bits per heavy atom. The van der Waals surface area contributed by atoms with Crippen molar-refractivity contribution in [3.05, 3.63) is 48.0 Å². The molecule has 18 heavy (non-hydrogen) atoms. The predicted molar refractivity (Wildman–Crippen MR) is 65.9 cm³/mol. The molecule has 0 unspecified atom stereocenters. The van der Waals surface area contributed by atoms with E-state index in [2.05, 4.69) is 4.74 Å². The van der Waals surface area contributed by atoms with E-state index in [1.165, 1.54) is 13.2 Å². The highest BCUT2D eigenvalue weighted by Crippen LogP contribution is 2.23. The van der Waals surface area contributed by atoms with Crippen LogP contribution in [0.25, 0.3) is 0 Å². The molecule has 1 aromatic rings. The zero-order valence-electron chi connectivity index (χ0n) is 10.2. The zero-order chi connectivity index (χ0) is 12.8. The van der Waals surface area contributed by atoms with Crippen molar-refractivity contribution in [2.45, 2.75) is 18.8 Å². The SMILES string of the molecule is COC(=O)/C=C/[C@H]1O[C@@H]1COCc1ccccc1. The number of hydrogen-bond acceptors (Lipinski definition) is 4. The monoisotopic (exact) mass is 248 g/mol. The number of carbonyl (C=O) groups excluding carboxylic acids is 1. The number of methoxy groups -OCH3 is 1. The van der Waals surface area contributed by atoms with Crippen LogP contribution in [0.5, 0.6) is 0 Å². The molecule has 2 atom stereocenters. The van der Waals surface area contributed by atoms with Gasteiger partial charge in [0.15, 0.2) is 0 Å². The van der Waals surface area contributed by atoms with Crippen molar-refractivity contribution in [1.82, 2.24) is 0 Å². The number of esters is 1. The molecule has 1 saturated heterocycles. The largest absolute Gasteiger partial charge is 0.466 e. The lowest BCUT2D eigenvalue weighted by atomic mass is 10.2. The molecule has 1 aliphatic heterocycles. The summed E-state index contributed by atoms with van der Waals surface area (Å²) in [5, 5.41) is 0. The van der Waals surface area contributed by atoms with Gasteiger partial charge >= 0.3 is 5.97 Å². The molecule has 1 aromatic carbocycles. The predicted octanol–water partition coefficient (Wildman–Crippen LogP) is 1.70. The van der Waals surface area contributed by atoms with Crippen LogP contribution in [0.4, 0.5) is 0 Å². The van der Waals surface area contributed by atoms with Gasteiger partial charge in [-0.1, -0.05) is 30.3 Å². The van der Waals surface area contributed by atoms with E-state index in [1.807, 2.05) is 30.3 Å². The van der Waals surface area contributed by atoms with Crippen LogP contribution in [0, 0.1) is 0 Å². The average Bonchev–Trinajstić information content (AvgIpc) is 3.16. The zero-order valence-corrected chi connectivity index (χ0v) is 10.2. The third-order valence-electron chi connectivity index (χ3n) is 2.64. The van der Waals surface area contributed by atoms with Crippen molar-refractivity contribution >= 4 is 5.97 Å². The summed E-state index contributed by atoms with van der Waals surface area (Å²) in [4.78, 5) is 10.9. The molecule has 0 saturated carbocycles. The Morgan fingerprint density at radius 2 is 2.17 bits per heavy atom. The highest BCUT2D eigenvalue weighted by atomic mass is 16.6. The normalized spacial score (nSPS) is 22.1. The summed E-state index contributed by atoms with van der Waals surface area (Å²) in [6.07, 6.45) is 3.10. The van der Waals surface area contributed by atoms with Crippen molar-refractivity contribution in [3.63, 3.8) is 0 Å². The molecule has 0 amide bonds. The third-order valence-corrected chi connectivity index (χ3v) is 2.64. The van der Waals surface area contributed by atoms with Gasteiger partial charge in [-0.3, -0.25) is 0 Å². The van der Waals surface area contributed by atoms with Crippen LogP contribution in [0.3, 0.4) is 0 Å². The van der Waals surface area contributed by atoms with Crippen LogP contribution in [-0.2, 0) is 25.6 Å². The first-order valence-electron chi connectivity index (χ1n) is 5.83. The molecule has 0 spiro atoms. The maximum absolute atomic E-state index is 10.9. The van der Waals surface area contributed by atoms with E-state index in [0.29, 0.717) is 13.2 Å². The average molecular weight is 248 g/mol. The molecule has 2 rings (SSSR count). The van der Waals surface area contributed by atoms with Gasteiger partial charge in [-0.2, -0.15) is 0 Å². The molecule has 0 aromatic heterocycles. The van der Waals surface area contributed by atoms with Crippen LogP contribution in [0.1, 0.15) is 5.56 Å². The third kappa shape index (κ3) is 3.98. The van der Waals surface area contributed by atoms with E-state index in [1.54, 1.807) is 6.08 Å². The Morgan fingerprint density at radius 3 is 2.89 bits per heavy atom. The highest BCUT2D eigenvalue weighted by Gasteiger charge is 2.36. The molecular weight excluding hydrogens is 232 g/mol. The summed E-state index contributed by atoms with van der Waals surface area (Å²) in [7, 11) is 1.35. The maximum atomic E-state index is 10.9. The second-order valence-corrected chi connectivity index (χ2v) is 4.02. The summed E-state index contributed by atoms with van der Waals surface area (Å²) in [5.41, 5.74) is 1.14. The van der Waals surface area contributed by atoms with Gasteiger partial charge in [-0.05, 0) is 11.6 Å². The molecule has 0 radical (unpaired) electrons. The van der Waals surface area contributed by atoms with Crippen LogP contribution in [0.15, 0.2) is 42.5 Å². The smallest absolute Gasteiger partial charge is 0.330 e.